The molecule has 1 aliphatic heterocycles. The Hall–Kier alpha value is -0.416. The van der Waals surface area contributed by atoms with Gasteiger partial charge in [-0.15, -0.1) is 0 Å². The van der Waals surface area contributed by atoms with E-state index in [1.54, 1.807) is 0 Å². The summed E-state index contributed by atoms with van der Waals surface area (Å²) >= 11 is 0. The first-order valence-electron chi connectivity index (χ1n) is 1.25. The van der Waals surface area contributed by atoms with Crippen LogP contribution in [0.5, 0.6) is 0 Å². The standard InChI is InChI=1S/CN4O.Ti/c6-1-2-4-5-3-1;. The fourth-order valence-electron chi connectivity index (χ4n) is 0.137. The molecule has 0 fully saturated rings. The van der Waals surface area contributed by atoms with Crippen molar-refractivity contribution in [3.63, 3.8) is 0 Å². The Labute approximate surface area is 53.8 Å². The minimum Gasteiger partial charge on any atom is -0.240 e. The van der Waals surface area contributed by atoms with Crippen molar-refractivity contribution in [2.24, 2.45) is 20.7 Å². The fourth-order valence-corrected chi connectivity index (χ4v) is 0.137. The SMILES string of the molecule is O=C1N=NN=N1.[Ti]. The van der Waals surface area contributed by atoms with Crippen molar-refractivity contribution in [3.05, 3.63) is 0 Å². The minimum absolute atomic E-state index is 0. The van der Waals surface area contributed by atoms with Gasteiger partial charge in [0, 0.05) is 21.7 Å². The number of hydrogen-bond acceptors (Lipinski definition) is 3. The van der Waals surface area contributed by atoms with E-state index >= 15 is 0 Å². The van der Waals surface area contributed by atoms with Gasteiger partial charge in [-0.3, -0.25) is 0 Å². The maximum atomic E-state index is 9.72. The second-order valence-electron chi connectivity index (χ2n) is 0.661. The molecule has 0 radical (unpaired) electrons. The summed E-state index contributed by atoms with van der Waals surface area (Å²) < 4.78 is 0. The third kappa shape index (κ3) is 1.65. The number of rotatable bonds is 0. The second kappa shape index (κ2) is 2.71. The van der Waals surface area contributed by atoms with Gasteiger partial charge in [0.15, 0.2) is 0 Å². The summed E-state index contributed by atoms with van der Waals surface area (Å²) in [6.07, 6.45) is 0. The van der Waals surface area contributed by atoms with Gasteiger partial charge < -0.3 is 0 Å². The van der Waals surface area contributed by atoms with E-state index in [2.05, 4.69) is 20.7 Å². The van der Waals surface area contributed by atoms with E-state index in [1.165, 1.54) is 0 Å². The second-order valence-corrected chi connectivity index (χ2v) is 0.661. The van der Waals surface area contributed by atoms with Crippen LogP contribution >= 0.6 is 0 Å². The van der Waals surface area contributed by atoms with Crippen molar-refractivity contribution in [1.29, 1.82) is 0 Å². The molecule has 0 aromatic rings. The molecule has 1 heterocycles. The van der Waals surface area contributed by atoms with Crippen LogP contribution in [-0.4, -0.2) is 6.03 Å². The van der Waals surface area contributed by atoms with Gasteiger partial charge in [0.25, 0.3) is 0 Å². The van der Waals surface area contributed by atoms with Crippen molar-refractivity contribution < 1.29 is 26.5 Å². The van der Waals surface area contributed by atoms with Crippen LogP contribution in [-0.2, 0) is 21.7 Å². The van der Waals surface area contributed by atoms with Gasteiger partial charge in [-0.05, 0) is 10.4 Å². The van der Waals surface area contributed by atoms with Crippen molar-refractivity contribution in [2.75, 3.05) is 0 Å². The normalized spacial score (nSPS) is 14.6. The van der Waals surface area contributed by atoms with Crippen molar-refractivity contribution in [3.8, 4) is 0 Å². The summed E-state index contributed by atoms with van der Waals surface area (Å²) in [5, 5.41) is 11.6. The third-order valence-corrected chi connectivity index (χ3v) is 0.301. The molecule has 0 atom stereocenters. The summed E-state index contributed by atoms with van der Waals surface area (Å²) in [7, 11) is 0. The molecule has 0 aliphatic carbocycles. The number of amides is 2. The minimum atomic E-state index is -0.630. The molecule has 7 heavy (non-hydrogen) atoms. The maximum absolute atomic E-state index is 9.72. The van der Waals surface area contributed by atoms with Crippen molar-refractivity contribution in [1.82, 2.24) is 0 Å². The van der Waals surface area contributed by atoms with Gasteiger partial charge in [0.1, 0.15) is 0 Å². The molecule has 0 bridgehead atoms. The van der Waals surface area contributed by atoms with E-state index in [4.69, 9.17) is 0 Å². The van der Waals surface area contributed by atoms with E-state index in [9.17, 15) is 4.79 Å². The summed E-state index contributed by atoms with van der Waals surface area (Å²) in [5.41, 5.74) is 0. The summed E-state index contributed by atoms with van der Waals surface area (Å²) in [6, 6.07) is -0.630. The van der Waals surface area contributed by atoms with Crippen LogP contribution < -0.4 is 0 Å². The predicted octanol–water partition coefficient (Wildman–Crippen LogP) is 0.937. The number of nitrogens with zero attached hydrogens (tertiary/aromatic N) is 4. The van der Waals surface area contributed by atoms with Crippen LogP contribution in [0.2, 0.25) is 0 Å². The monoisotopic (exact) mass is 132 g/mol. The molecule has 0 aromatic heterocycles. The zero-order chi connectivity index (χ0) is 4.41. The first-order valence-corrected chi connectivity index (χ1v) is 1.25. The first kappa shape index (κ1) is 6.58. The molecule has 6 heteroatoms. The van der Waals surface area contributed by atoms with Crippen LogP contribution in [0.1, 0.15) is 0 Å². The van der Waals surface area contributed by atoms with E-state index in [0.717, 1.165) is 0 Å². The van der Waals surface area contributed by atoms with Crippen molar-refractivity contribution in [2.45, 2.75) is 0 Å². The Bertz CT molecular complexity index is 114. The van der Waals surface area contributed by atoms with Gasteiger partial charge in [0.2, 0.25) is 0 Å². The average molecular weight is 132 g/mol. The smallest absolute Gasteiger partial charge is 0.240 e. The van der Waals surface area contributed by atoms with E-state index in [-0.39, 0.29) is 21.7 Å². The predicted molar refractivity (Wildman–Crippen MR) is 15.1 cm³/mol. The molecule has 1 rings (SSSR count). The Morgan fingerprint density at radius 3 is 1.71 bits per heavy atom. The van der Waals surface area contributed by atoms with E-state index < -0.39 is 6.03 Å². The summed E-state index contributed by atoms with van der Waals surface area (Å²) in [5.74, 6) is 0. The van der Waals surface area contributed by atoms with Gasteiger partial charge in [-0.1, -0.05) is 10.2 Å². The van der Waals surface area contributed by atoms with Crippen LogP contribution in [0.4, 0.5) is 4.79 Å². The molecule has 0 N–H and O–H groups in total. The Morgan fingerprint density at radius 2 is 1.57 bits per heavy atom. The van der Waals surface area contributed by atoms with E-state index in [0.29, 0.717) is 0 Å². The topological polar surface area (TPSA) is 66.5 Å². The fraction of sp³-hybridized carbons (Fsp3) is 0. The zero-order valence-electron chi connectivity index (χ0n) is 3.20. The molecule has 0 spiro atoms. The molecule has 2 amide bonds. The molecule has 5 nitrogen and oxygen atoms in total. The number of hydrogen-bond donors (Lipinski definition) is 0. The maximum Gasteiger partial charge on any atom is 0.407 e. The van der Waals surface area contributed by atoms with Crippen LogP contribution in [0.3, 0.4) is 0 Å². The van der Waals surface area contributed by atoms with Gasteiger partial charge in [0.05, 0.1) is 0 Å². The molecule has 34 valence electrons. The number of urea groups is 1. The van der Waals surface area contributed by atoms with Crippen molar-refractivity contribution >= 4 is 6.03 Å². The number of carbonyl (C=O) groups is 1. The molecular formula is CN4OTi. The van der Waals surface area contributed by atoms with Gasteiger partial charge >= 0.3 is 6.03 Å². The molecular weight excluding hydrogens is 132 g/mol. The Morgan fingerprint density at radius 1 is 1.14 bits per heavy atom. The van der Waals surface area contributed by atoms with E-state index in [1.807, 2.05) is 0 Å². The summed E-state index contributed by atoms with van der Waals surface area (Å²) in [4.78, 5) is 9.72. The van der Waals surface area contributed by atoms with Crippen LogP contribution in [0.25, 0.3) is 0 Å². The molecule has 0 aromatic carbocycles. The van der Waals surface area contributed by atoms with Gasteiger partial charge in [-0.25, -0.2) is 4.79 Å². The summed E-state index contributed by atoms with van der Waals surface area (Å²) in [6.45, 7) is 0. The Balaban J connectivity index is 0.000000360. The quantitative estimate of drug-likeness (QED) is 0.452. The molecule has 0 saturated carbocycles. The third-order valence-electron chi connectivity index (χ3n) is 0.301. The molecule has 0 saturated heterocycles. The zero-order valence-corrected chi connectivity index (χ0v) is 4.76. The molecule has 0 unspecified atom stereocenters. The Kier molecular flexibility index (Phi) is 2.55. The van der Waals surface area contributed by atoms with Crippen LogP contribution in [0, 0.1) is 0 Å². The molecule has 1 aliphatic rings. The van der Waals surface area contributed by atoms with Gasteiger partial charge in [-0.2, -0.15) is 0 Å². The largest absolute Gasteiger partial charge is 0.407 e. The number of carbonyl (C=O) groups excluding carboxylic acids is 1. The van der Waals surface area contributed by atoms with Crippen LogP contribution in [0.15, 0.2) is 20.7 Å². The first-order chi connectivity index (χ1) is 2.89. The average Bonchev–Trinajstić information content (AvgIpc) is 1.86.